The fourth-order valence-corrected chi connectivity index (χ4v) is 2.56. The van der Waals surface area contributed by atoms with E-state index in [4.69, 9.17) is 5.11 Å². The highest BCUT2D eigenvalue weighted by Gasteiger charge is 2.13. The third-order valence-corrected chi connectivity index (χ3v) is 3.55. The van der Waals surface area contributed by atoms with Crippen LogP contribution >= 0.6 is 0 Å². The fourth-order valence-electron chi connectivity index (χ4n) is 2.56. The summed E-state index contributed by atoms with van der Waals surface area (Å²) in [6, 6.07) is 0. The Morgan fingerprint density at radius 2 is 2.24 bits per heavy atom. The molecule has 4 heteroatoms. The molecule has 17 heavy (non-hydrogen) atoms. The molecule has 1 aromatic heterocycles. The van der Waals surface area contributed by atoms with Crippen molar-refractivity contribution in [2.75, 3.05) is 13.2 Å². The van der Waals surface area contributed by atoms with Crippen LogP contribution in [-0.4, -0.2) is 28.0 Å². The van der Waals surface area contributed by atoms with Crippen LogP contribution in [0.15, 0.2) is 12.4 Å². The Bertz CT molecular complexity index is 318. The molecule has 0 spiro atoms. The number of rotatable bonds is 7. The lowest BCUT2D eigenvalue weighted by atomic mass is 10.0. The molecule has 0 aromatic carbocycles. The number of aromatic nitrogens is 2. The van der Waals surface area contributed by atoms with Crippen molar-refractivity contribution < 1.29 is 5.11 Å². The van der Waals surface area contributed by atoms with E-state index in [1.807, 2.05) is 12.4 Å². The zero-order valence-corrected chi connectivity index (χ0v) is 10.4. The molecule has 1 fully saturated rings. The van der Waals surface area contributed by atoms with E-state index in [1.165, 1.54) is 37.7 Å². The zero-order valence-electron chi connectivity index (χ0n) is 10.4. The van der Waals surface area contributed by atoms with Gasteiger partial charge in [0, 0.05) is 18.3 Å². The van der Waals surface area contributed by atoms with Gasteiger partial charge in [0.05, 0.1) is 19.3 Å². The second-order valence-corrected chi connectivity index (χ2v) is 4.95. The monoisotopic (exact) mass is 237 g/mol. The Labute approximate surface area is 103 Å². The Hall–Kier alpha value is -0.870. The summed E-state index contributed by atoms with van der Waals surface area (Å²) in [6.07, 6.45) is 10.9. The van der Waals surface area contributed by atoms with Crippen LogP contribution in [0.4, 0.5) is 0 Å². The molecular weight excluding hydrogens is 214 g/mol. The first-order chi connectivity index (χ1) is 8.38. The normalized spacial score (nSPS) is 16.8. The van der Waals surface area contributed by atoms with E-state index < -0.39 is 0 Å². The minimum Gasteiger partial charge on any atom is -0.394 e. The Balaban J connectivity index is 1.60. The standard InChI is InChI=1S/C13H23N3O/c17-8-7-16-11-13(10-15-16)9-14-6-5-12-3-1-2-4-12/h10-12,14,17H,1-9H2. The molecule has 0 saturated heterocycles. The van der Waals surface area contributed by atoms with Crippen molar-refractivity contribution in [2.24, 2.45) is 5.92 Å². The molecule has 4 nitrogen and oxygen atoms in total. The third kappa shape index (κ3) is 4.13. The van der Waals surface area contributed by atoms with Crippen LogP contribution in [0.2, 0.25) is 0 Å². The molecule has 0 aliphatic heterocycles. The first kappa shape index (κ1) is 12.6. The van der Waals surface area contributed by atoms with Gasteiger partial charge in [-0.25, -0.2) is 0 Å². The molecule has 0 unspecified atom stereocenters. The van der Waals surface area contributed by atoms with Gasteiger partial charge >= 0.3 is 0 Å². The Morgan fingerprint density at radius 3 is 3.00 bits per heavy atom. The first-order valence-corrected chi connectivity index (χ1v) is 6.71. The lowest BCUT2D eigenvalue weighted by Crippen LogP contribution is -2.16. The number of hydrogen-bond donors (Lipinski definition) is 2. The molecule has 0 radical (unpaired) electrons. The van der Waals surface area contributed by atoms with E-state index in [-0.39, 0.29) is 6.61 Å². The van der Waals surface area contributed by atoms with Gasteiger partial charge in [-0.15, -0.1) is 0 Å². The highest BCUT2D eigenvalue weighted by atomic mass is 16.3. The van der Waals surface area contributed by atoms with Crippen molar-refractivity contribution in [3.05, 3.63) is 18.0 Å². The number of nitrogens with one attached hydrogen (secondary N) is 1. The minimum absolute atomic E-state index is 0.149. The Kier molecular flexibility index (Phi) is 5.01. The zero-order chi connectivity index (χ0) is 11.9. The van der Waals surface area contributed by atoms with Gasteiger partial charge in [-0.1, -0.05) is 25.7 Å². The van der Waals surface area contributed by atoms with Gasteiger partial charge in [0.1, 0.15) is 0 Å². The maximum atomic E-state index is 8.79. The van der Waals surface area contributed by atoms with Crippen molar-refractivity contribution in [3.8, 4) is 0 Å². The predicted octanol–water partition coefficient (Wildman–Crippen LogP) is 1.55. The highest BCUT2D eigenvalue weighted by molar-refractivity contribution is 5.03. The van der Waals surface area contributed by atoms with Crippen LogP contribution in [0.1, 0.15) is 37.7 Å². The Morgan fingerprint density at radius 1 is 1.41 bits per heavy atom. The topological polar surface area (TPSA) is 50.1 Å². The number of aliphatic hydroxyl groups is 1. The highest BCUT2D eigenvalue weighted by Crippen LogP contribution is 2.26. The average molecular weight is 237 g/mol. The summed E-state index contributed by atoms with van der Waals surface area (Å²) in [4.78, 5) is 0. The van der Waals surface area contributed by atoms with E-state index in [0.717, 1.165) is 19.0 Å². The second-order valence-electron chi connectivity index (χ2n) is 4.95. The van der Waals surface area contributed by atoms with E-state index >= 15 is 0 Å². The van der Waals surface area contributed by atoms with Crippen molar-refractivity contribution in [3.63, 3.8) is 0 Å². The maximum absolute atomic E-state index is 8.79. The fraction of sp³-hybridized carbons (Fsp3) is 0.769. The van der Waals surface area contributed by atoms with Gasteiger partial charge in [-0.2, -0.15) is 5.10 Å². The molecule has 1 aliphatic rings. The molecule has 0 amide bonds. The summed E-state index contributed by atoms with van der Waals surface area (Å²) in [6.45, 7) is 2.73. The molecule has 0 bridgehead atoms. The van der Waals surface area contributed by atoms with Gasteiger partial charge in [0.25, 0.3) is 0 Å². The van der Waals surface area contributed by atoms with Gasteiger partial charge in [-0.05, 0) is 18.9 Å². The predicted molar refractivity (Wildman–Crippen MR) is 67.6 cm³/mol. The number of hydrogen-bond acceptors (Lipinski definition) is 3. The summed E-state index contributed by atoms with van der Waals surface area (Å²) < 4.78 is 1.79. The molecular formula is C13H23N3O. The van der Waals surface area contributed by atoms with Crippen molar-refractivity contribution in [2.45, 2.75) is 45.2 Å². The van der Waals surface area contributed by atoms with Crippen LogP contribution in [0.25, 0.3) is 0 Å². The van der Waals surface area contributed by atoms with E-state index in [1.54, 1.807) is 4.68 Å². The van der Waals surface area contributed by atoms with Crippen LogP contribution in [0.5, 0.6) is 0 Å². The van der Waals surface area contributed by atoms with Crippen LogP contribution in [0, 0.1) is 5.92 Å². The average Bonchev–Trinajstić information content (AvgIpc) is 2.96. The van der Waals surface area contributed by atoms with E-state index in [0.29, 0.717) is 6.54 Å². The third-order valence-electron chi connectivity index (χ3n) is 3.55. The van der Waals surface area contributed by atoms with E-state index in [9.17, 15) is 0 Å². The van der Waals surface area contributed by atoms with Gasteiger partial charge in [0.2, 0.25) is 0 Å². The van der Waals surface area contributed by atoms with Crippen molar-refractivity contribution in [1.29, 1.82) is 0 Å². The molecule has 0 atom stereocenters. The molecule has 1 aromatic rings. The molecule has 2 N–H and O–H groups in total. The summed E-state index contributed by atoms with van der Waals surface area (Å²) in [5.74, 6) is 0.958. The maximum Gasteiger partial charge on any atom is 0.0640 e. The van der Waals surface area contributed by atoms with Gasteiger partial charge in [-0.3, -0.25) is 4.68 Å². The lowest BCUT2D eigenvalue weighted by molar-refractivity contribution is 0.269. The minimum atomic E-state index is 0.149. The molecule has 1 aliphatic carbocycles. The molecule has 1 saturated carbocycles. The molecule has 1 heterocycles. The quantitative estimate of drug-likeness (QED) is 0.707. The smallest absolute Gasteiger partial charge is 0.0640 e. The van der Waals surface area contributed by atoms with Crippen molar-refractivity contribution in [1.82, 2.24) is 15.1 Å². The van der Waals surface area contributed by atoms with Crippen LogP contribution in [0.3, 0.4) is 0 Å². The first-order valence-electron chi connectivity index (χ1n) is 6.71. The SMILES string of the molecule is OCCn1cc(CNCCC2CCCC2)cn1. The second kappa shape index (κ2) is 6.77. The largest absolute Gasteiger partial charge is 0.394 e. The summed E-state index contributed by atoms with van der Waals surface area (Å²) in [5, 5.41) is 16.4. The van der Waals surface area contributed by atoms with E-state index in [2.05, 4.69) is 10.4 Å². The molecule has 2 rings (SSSR count). The molecule has 96 valence electrons. The summed E-state index contributed by atoms with van der Waals surface area (Å²) in [5.41, 5.74) is 1.20. The van der Waals surface area contributed by atoms with Crippen molar-refractivity contribution >= 4 is 0 Å². The number of nitrogens with zero attached hydrogens (tertiary/aromatic N) is 2. The summed E-state index contributed by atoms with van der Waals surface area (Å²) in [7, 11) is 0. The van der Waals surface area contributed by atoms with Crippen LogP contribution in [-0.2, 0) is 13.1 Å². The van der Waals surface area contributed by atoms with Gasteiger partial charge in [0.15, 0.2) is 0 Å². The van der Waals surface area contributed by atoms with Gasteiger partial charge < -0.3 is 10.4 Å². The van der Waals surface area contributed by atoms with Crippen LogP contribution < -0.4 is 5.32 Å². The summed E-state index contributed by atoms with van der Waals surface area (Å²) >= 11 is 0. The lowest BCUT2D eigenvalue weighted by Gasteiger charge is -2.08. The number of aliphatic hydroxyl groups excluding tert-OH is 1.